The molecule has 0 aromatic carbocycles. The van der Waals surface area contributed by atoms with E-state index in [1.807, 2.05) is 0 Å². The maximum Gasteiger partial charge on any atom is 0.120 e. The van der Waals surface area contributed by atoms with Gasteiger partial charge < -0.3 is 4.42 Å². The fourth-order valence-electron chi connectivity index (χ4n) is 0.412. The van der Waals surface area contributed by atoms with Crippen molar-refractivity contribution < 1.29 is 4.42 Å². The summed E-state index contributed by atoms with van der Waals surface area (Å²) in [5, 5.41) is 0.982. The zero-order valence-electron chi connectivity index (χ0n) is 4.24. The first-order chi connectivity index (χ1) is 3.72. The molecule has 8 heavy (non-hydrogen) atoms. The predicted molar refractivity (Wildman–Crippen MR) is 33.5 cm³/mol. The van der Waals surface area contributed by atoms with E-state index in [1.165, 1.54) is 6.26 Å². The molecule has 0 aliphatic rings. The molecule has 0 saturated carbocycles. The average Bonchev–Trinajstić information content (AvgIpc) is 1.98. The normalized spacial score (nSPS) is 9.88. The third-order valence-electron chi connectivity index (χ3n) is 0.858. The van der Waals surface area contributed by atoms with Crippen LogP contribution in [0.2, 0.25) is 10.0 Å². The van der Waals surface area contributed by atoms with E-state index < -0.39 is 0 Å². The molecule has 0 saturated heterocycles. The monoisotopic (exact) mass is 150 g/mol. The Kier molecular flexibility index (Phi) is 1.49. The second kappa shape index (κ2) is 2.00. The third-order valence-corrected chi connectivity index (χ3v) is 1.70. The van der Waals surface area contributed by atoms with Gasteiger partial charge in [-0.15, -0.1) is 0 Å². The Labute approximate surface area is 57.2 Å². The van der Waals surface area contributed by atoms with Gasteiger partial charge >= 0.3 is 0 Å². The molecule has 0 atom stereocenters. The molecule has 44 valence electrons. The van der Waals surface area contributed by atoms with Crippen molar-refractivity contribution in [3.8, 4) is 0 Å². The topological polar surface area (TPSA) is 13.1 Å². The SMILES string of the molecule is Cc1occ(Cl)c1Cl. The average molecular weight is 151 g/mol. The highest BCUT2D eigenvalue weighted by Gasteiger charge is 2.02. The van der Waals surface area contributed by atoms with Crippen LogP contribution in [0.15, 0.2) is 10.7 Å². The Morgan fingerprint density at radius 3 is 2.25 bits per heavy atom. The van der Waals surface area contributed by atoms with Crippen LogP contribution in [-0.4, -0.2) is 0 Å². The van der Waals surface area contributed by atoms with Gasteiger partial charge in [-0.25, -0.2) is 0 Å². The van der Waals surface area contributed by atoms with Crippen molar-refractivity contribution in [2.75, 3.05) is 0 Å². The lowest BCUT2D eigenvalue weighted by atomic mass is 10.5. The number of hydrogen-bond donors (Lipinski definition) is 0. The van der Waals surface area contributed by atoms with Gasteiger partial charge in [-0.3, -0.25) is 0 Å². The fourth-order valence-corrected chi connectivity index (χ4v) is 0.678. The molecule has 0 aliphatic carbocycles. The Bertz CT molecular complexity index is 173. The van der Waals surface area contributed by atoms with Gasteiger partial charge in [0.15, 0.2) is 0 Å². The lowest BCUT2D eigenvalue weighted by Crippen LogP contribution is -1.58. The van der Waals surface area contributed by atoms with Crippen molar-refractivity contribution in [1.82, 2.24) is 0 Å². The number of rotatable bonds is 0. The summed E-state index contributed by atoms with van der Waals surface area (Å²) < 4.78 is 4.83. The lowest BCUT2D eigenvalue weighted by molar-refractivity contribution is 0.534. The maximum atomic E-state index is 5.57. The van der Waals surface area contributed by atoms with Crippen LogP contribution in [0.4, 0.5) is 0 Å². The fraction of sp³-hybridized carbons (Fsp3) is 0.200. The molecule has 0 spiro atoms. The number of aryl methyl sites for hydroxylation is 1. The number of hydrogen-bond acceptors (Lipinski definition) is 1. The molecule has 0 fully saturated rings. The Morgan fingerprint density at radius 1 is 1.50 bits per heavy atom. The molecule has 1 aromatic heterocycles. The van der Waals surface area contributed by atoms with E-state index in [1.54, 1.807) is 6.92 Å². The van der Waals surface area contributed by atoms with E-state index in [-0.39, 0.29) is 0 Å². The molecule has 0 aliphatic heterocycles. The zero-order chi connectivity index (χ0) is 6.15. The van der Waals surface area contributed by atoms with E-state index in [2.05, 4.69) is 0 Å². The van der Waals surface area contributed by atoms with Crippen molar-refractivity contribution >= 4 is 23.2 Å². The molecule has 1 aromatic rings. The molecule has 3 heteroatoms. The minimum atomic E-state index is 0.476. The molecule has 0 amide bonds. The summed E-state index contributed by atoms with van der Waals surface area (Å²) in [6.45, 7) is 1.76. The van der Waals surface area contributed by atoms with Gasteiger partial charge in [0.05, 0.1) is 5.02 Å². The van der Waals surface area contributed by atoms with Crippen LogP contribution in [0.5, 0.6) is 0 Å². The van der Waals surface area contributed by atoms with Crippen molar-refractivity contribution in [2.24, 2.45) is 0 Å². The quantitative estimate of drug-likeness (QED) is 0.555. The van der Waals surface area contributed by atoms with Crippen molar-refractivity contribution in [2.45, 2.75) is 6.92 Å². The van der Waals surface area contributed by atoms with Gasteiger partial charge in [-0.1, -0.05) is 23.2 Å². The number of furan rings is 1. The van der Waals surface area contributed by atoms with Crippen molar-refractivity contribution in [3.05, 3.63) is 22.1 Å². The Hall–Kier alpha value is -0.140. The highest BCUT2D eigenvalue weighted by molar-refractivity contribution is 6.42. The van der Waals surface area contributed by atoms with Gasteiger partial charge in [-0.2, -0.15) is 0 Å². The van der Waals surface area contributed by atoms with Crippen LogP contribution >= 0.6 is 23.2 Å². The molecule has 0 radical (unpaired) electrons. The minimum Gasteiger partial charge on any atom is -0.466 e. The first-order valence-electron chi connectivity index (χ1n) is 2.11. The predicted octanol–water partition coefficient (Wildman–Crippen LogP) is 2.89. The van der Waals surface area contributed by atoms with Crippen molar-refractivity contribution in [3.63, 3.8) is 0 Å². The standard InChI is InChI=1S/C5H4Cl2O/c1-3-5(7)4(6)2-8-3/h2H,1H3. The van der Waals surface area contributed by atoms with Crippen LogP contribution < -0.4 is 0 Å². The zero-order valence-corrected chi connectivity index (χ0v) is 5.75. The molecule has 1 rings (SSSR count). The second-order valence-electron chi connectivity index (χ2n) is 1.45. The summed E-state index contributed by atoms with van der Waals surface area (Å²) in [5.74, 6) is 0.664. The van der Waals surface area contributed by atoms with Crippen LogP contribution in [0.25, 0.3) is 0 Å². The largest absolute Gasteiger partial charge is 0.466 e. The van der Waals surface area contributed by atoms with E-state index in [0.717, 1.165) is 0 Å². The molecule has 1 heterocycles. The van der Waals surface area contributed by atoms with Crippen LogP contribution in [0.3, 0.4) is 0 Å². The van der Waals surface area contributed by atoms with E-state index in [4.69, 9.17) is 27.6 Å². The Balaban J connectivity index is 3.19. The van der Waals surface area contributed by atoms with Crippen LogP contribution in [-0.2, 0) is 0 Å². The van der Waals surface area contributed by atoms with Crippen molar-refractivity contribution in [1.29, 1.82) is 0 Å². The van der Waals surface area contributed by atoms with Crippen LogP contribution in [0.1, 0.15) is 5.76 Å². The van der Waals surface area contributed by atoms with E-state index in [0.29, 0.717) is 15.8 Å². The molecular formula is C5H4Cl2O. The van der Waals surface area contributed by atoms with Gasteiger partial charge in [0, 0.05) is 0 Å². The smallest absolute Gasteiger partial charge is 0.120 e. The first kappa shape index (κ1) is 5.99. The van der Waals surface area contributed by atoms with Crippen LogP contribution in [0, 0.1) is 6.92 Å². The third kappa shape index (κ3) is 0.837. The number of halogens is 2. The summed E-state index contributed by atoms with van der Waals surface area (Å²) in [6.07, 6.45) is 1.42. The summed E-state index contributed by atoms with van der Waals surface area (Å²) in [4.78, 5) is 0. The summed E-state index contributed by atoms with van der Waals surface area (Å²) >= 11 is 11.1. The summed E-state index contributed by atoms with van der Waals surface area (Å²) in [7, 11) is 0. The molecular weight excluding hydrogens is 147 g/mol. The highest BCUT2D eigenvalue weighted by atomic mass is 35.5. The summed E-state index contributed by atoms with van der Waals surface area (Å²) in [6, 6.07) is 0. The molecule has 0 bridgehead atoms. The molecule has 0 N–H and O–H groups in total. The Morgan fingerprint density at radius 2 is 2.12 bits per heavy atom. The van der Waals surface area contributed by atoms with Gasteiger partial charge in [-0.05, 0) is 6.92 Å². The van der Waals surface area contributed by atoms with E-state index in [9.17, 15) is 0 Å². The van der Waals surface area contributed by atoms with Gasteiger partial charge in [0.25, 0.3) is 0 Å². The summed E-state index contributed by atoms with van der Waals surface area (Å²) in [5.41, 5.74) is 0. The minimum absolute atomic E-state index is 0.476. The molecule has 0 unspecified atom stereocenters. The first-order valence-corrected chi connectivity index (χ1v) is 2.86. The van der Waals surface area contributed by atoms with E-state index >= 15 is 0 Å². The van der Waals surface area contributed by atoms with Gasteiger partial charge in [0.2, 0.25) is 0 Å². The highest BCUT2D eigenvalue weighted by Crippen LogP contribution is 2.26. The maximum absolute atomic E-state index is 5.57. The second-order valence-corrected chi connectivity index (χ2v) is 2.24. The van der Waals surface area contributed by atoms with Gasteiger partial charge in [0.1, 0.15) is 17.0 Å². The lowest BCUT2D eigenvalue weighted by Gasteiger charge is -1.79. The molecule has 1 nitrogen and oxygen atoms in total.